The van der Waals surface area contributed by atoms with E-state index in [1.165, 1.54) is 13.2 Å². The maximum absolute atomic E-state index is 11.6. The van der Waals surface area contributed by atoms with Gasteiger partial charge in [0.05, 0.1) is 13.7 Å². The highest BCUT2D eigenvalue weighted by Gasteiger charge is 2.09. The first-order valence-corrected chi connectivity index (χ1v) is 5.34. The molecule has 1 rings (SSSR count). The number of hydrogen-bond acceptors (Lipinski definition) is 4. The molecule has 0 bridgehead atoms. The molecule has 0 radical (unpaired) electrons. The zero-order valence-corrected chi connectivity index (χ0v) is 10.2. The fourth-order valence-corrected chi connectivity index (χ4v) is 1.34. The number of ether oxygens (including phenoxy) is 2. The van der Waals surface area contributed by atoms with Crippen molar-refractivity contribution in [2.45, 2.75) is 6.92 Å². The van der Waals surface area contributed by atoms with Crippen LogP contribution in [0, 0.1) is 0 Å². The summed E-state index contributed by atoms with van der Waals surface area (Å²) in [4.78, 5) is 22.0. The summed E-state index contributed by atoms with van der Waals surface area (Å²) in [6.45, 7) is 2.33. The standard InChI is InChI=1S/C13H14O5/c1-3-18-11-6-4-9(8-12(11)17-2)10(14)5-7-13(15)16/h4-8H,3H2,1-2H3,(H,15,16)/b7-5+. The van der Waals surface area contributed by atoms with E-state index in [9.17, 15) is 9.59 Å². The molecule has 1 N–H and O–H groups in total. The zero-order chi connectivity index (χ0) is 13.5. The van der Waals surface area contributed by atoms with Gasteiger partial charge in [0, 0.05) is 11.6 Å². The predicted molar refractivity (Wildman–Crippen MR) is 65.3 cm³/mol. The molecule has 0 fully saturated rings. The molecule has 0 saturated heterocycles. The average molecular weight is 250 g/mol. The molecule has 96 valence electrons. The number of ketones is 1. The number of methoxy groups -OCH3 is 1. The van der Waals surface area contributed by atoms with Crippen molar-refractivity contribution in [1.29, 1.82) is 0 Å². The van der Waals surface area contributed by atoms with Gasteiger partial charge in [0.25, 0.3) is 0 Å². The molecule has 0 aromatic heterocycles. The molecule has 0 aliphatic carbocycles. The van der Waals surface area contributed by atoms with Crippen LogP contribution in [0.25, 0.3) is 0 Å². The summed E-state index contributed by atoms with van der Waals surface area (Å²) >= 11 is 0. The summed E-state index contributed by atoms with van der Waals surface area (Å²) in [5.41, 5.74) is 0.341. The minimum Gasteiger partial charge on any atom is -0.493 e. The lowest BCUT2D eigenvalue weighted by Gasteiger charge is -2.09. The minimum absolute atomic E-state index is 0.341. The zero-order valence-electron chi connectivity index (χ0n) is 10.2. The SMILES string of the molecule is CCOc1ccc(C(=O)/C=C/C(=O)O)cc1OC. The van der Waals surface area contributed by atoms with Crippen molar-refractivity contribution >= 4 is 11.8 Å². The van der Waals surface area contributed by atoms with Gasteiger partial charge in [-0.1, -0.05) is 0 Å². The van der Waals surface area contributed by atoms with Crippen LogP contribution < -0.4 is 9.47 Å². The highest BCUT2D eigenvalue weighted by molar-refractivity contribution is 6.07. The van der Waals surface area contributed by atoms with Crippen molar-refractivity contribution < 1.29 is 24.2 Å². The topological polar surface area (TPSA) is 72.8 Å². The van der Waals surface area contributed by atoms with Crippen LogP contribution in [0.3, 0.4) is 0 Å². The van der Waals surface area contributed by atoms with Crippen molar-refractivity contribution in [3.05, 3.63) is 35.9 Å². The lowest BCUT2D eigenvalue weighted by molar-refractivity contribution is -0.131. The number of carbonyl (C=O) groups is 2. The van der Waals surface area contributed by atoms with Crippen molar-refractivity contribution in [3.63, 3.8) is 0 Å². The third-order valence-electron chi connectivity index (χ3n) is 2.13. The second-order valence-electron chi connectivity index (χ2n) is 3.33. The van der Waals surface area contributed by atoms with Crippen LogP contribution in [0.15, 0.2) is 30.4 Å². The molecule has 5 nitrogen and oxygen atoms in total. The number of allylic oxidation sites excluding steroid dienone is 1. The van der Waals surface area contributed by atoms with Crippen LogP contribution in [0.4, 0.5) is 0 Å². The molecule has 0 atom stereocenters. The second kappa shape index (κ2) is 6.44. The van der Waals surface area contributed by atoms with Crippen molar-refractivity contribution in [3.8, 4) is 11.5 Å². The molecule has 0 amide bonds. The van der Waals surface area contributed by atoms with Gasteiger partial charge in [-0.3, -0.25) is 4.79 Å². The van der Waals surface area contributed by atoms with Crippen molar-refractivity contribution in [1.82, 2.24) is 0 Å². The smallest absolute Gasteiger partial charge is 0.328 e. The van der Waals surface area contributed by atoms with E-state index < -0.39 is 11.8 Å². The van der Waals surface area contributed by atoms with E-state index >= 15 is 0 Å². The van der Waals surface area contributed by atoms with Gasteiger partial charge < -0.3 is 14.6 Å². The van der Waals surface area contributed by atoms with Gasteiger partial charge >= 0.3 is 5.97 Å². The van der Waals surface area contributed by atoms with Crippen LogP contribution in [-0.2, 0) is 4.79 Å². The predicted octanol–water partition coefficient (Wildman–Crippen LogP) is 1.92. The monoisotopic (exact) mass is 250 g/mol. The molecule has 0 unspecified atom stereocenters. The van der Waals surface area contributed by atoms with E-state index in [0.29, 0.717) is 23.7 Å². The number of carbonyl (C=O) groups excluding carboxylic acids is 1. The van der Waals surface area contributed by atoms with Gasteiger partial charge in [-0.25, -0.2) is 4.79 Å². The lowest BCUT2D eigenvalue weighted by atomic mass is 10.1. The Morgan fingerprint density at radius 1 is 1.28 bits per heavy atom. The maximum atomic E-state index is 11.6. The Bertz CT molecular complexity index is 476. The quantitative estimate of drug-likeness (QED) is 0.616. The van der Waals surface area contributed by atoms with E-state index in [1.54, 1.807) is 12.1 Å². The van der Waals surface area contributed by atoms with E-state index in [-0.39, 0.29) is 0 Å². The Labute approximate surface area is 105 Å². The van der Waals surface area contributed by atoms with Crippen molar-refractivity contribution in [2.75, 3.05) is 13.7 Å². The summed E-state index contributed by atoms with van der Waals surface area (Å²) in [6.07, 6.45) is 1.79. The molecule has 0 heterocycles. The van der Waals surface area contributed by atoms with Gasteiger partial charge in [0.15, 0.2) is 17.3 Å². The van der Waals surface area contributed by atoms with Crippen LogP contribution >= 0.6 is 0 Å². The summed E-state index contributed by atoms with van der Waals surface area (Å²) in [6, 6.07) is 4.69. The first-order chi connectivity index (χ1) is 8.58. The average Bonchev–Trinajstić information content (AvgIpc) is 2.36. The molecule has 0 saturated carbocycles. The fraction of sp³-hybridized carbons (Fsp3) is 0.231. The van der Waals surface area contributed by atoms with E-state index in [1.807, 2.05) is 6.92 Å². The summed E-state index contributed by atoms with van der Waals surface area (Å²) < 4.78 is 10.4. The largest absolute Gasteiger partial charge is 0.493 e. The van der Waals surface area contributed by atoms with Crippen molar-refractivity contribution in [2.24, 2.45) is 0 Å². The molecule has 0 aliphatic rings. The van der Waals surface area contributed by atoms with Gasteiger partial charge in [0.2, 0.25) is 0 Å². The molecule has 1 aromatic carbocycles. The number of aliphatic carboxylic acids is 1. The second-order valence-corrected chi connectivity index (χ2v) is 3.33. The molecule has 18 heavy (non-hydrogen) atoms. The van der Waals surface area contributed by atoms with Gasteiger partial charge in [0.1, 0.15) is 0 Å². The summed E-state index contributed by atoms with van der Waals surface area (Å²) in [5.74, 6) is -0.592. The molecular weight excluding hydrogens is 236 g/mol. The molecule has 0 spiro atoms. The first kappa shape index (κ1) is 13.8. The van der Waals surface area contributed by atoms with Gasteiger partial charge in [-0.2, -0.15) is 0 Å². The third kappa shape index (κ3) is 3.62. The highest BCUT2D eigenvalue weighted by Crippen LogP contribution is 2.28. The Balaban J connectivity index is 2.97. The lowest BCUT2D eigenvalue weighted by Crippen LogP contribution is -2.00. The number of carboxylic acids is 1. The first-order valence-electron chi connectivity index (χ1n) is 5.34. The van der Waals surface area contributed by atoms with Gasteiger partial charge in [-0.05, 0) is 31.2 Å². The number of rotatable bonds is 6. The Hall–Kier alpha value is -2.30. The fourth-order valence-electron chi connectivity index (χ4n) is 1.34. The number of benzene rings is 1. The van der Waals surface area contributed by atoms with Crippen LogP contribution in [-0.4, -0.2) is 30.6 Å². The number of hydrogen-bond donors (Lipinski definition) is 1. The summed E-state index contributed by atoms with van der Waals surface area (Å²) in [7, 11) is 1.47. The summed E-state index contributed by atoms with van der Waals surface area (Å²) in [5, 5.41) is 8.44. The third-order valence-corrected chi connectivity index (χ3v) is 2.13. The number of carboxylic acid groups (broad SMARTS) is 1. The van der Waals surface area contributed by atoms with Crippen LogP contribution in [0.1, 0.15) is 17.3 Å². The van der Waals surface area contributed by atoms with E-state index in [4.69, 9.17) is 14.6 Å². The highest BCUT2D eigenvalue weighted by atomic mass is 16.5. The Morgan fingerprint density at radius 3 is 2.56 bits per heavy atom. The van der Waals surface area contributed by atoms with Crippen LogP contribution in [0.2, 0.25) is 0 Å². The molecule has 0 aliphatic heterocycles. The van der Waals surface area contributed by atoms with Gasteiger partial charge in [-0.15, -0.1) is 0 Å². The Kier molecular flexibility index (Phi) is 4.92. The maximum Gasteiger partial charge on any atom is 0.328 e. The normalized spacial score (nSPS) is 10.3. The molecule has 1 aromatic rings. The van der Waals surface area contributed by atoms with E-state index in [2.05, 4.69) is 0 Å². The van der Waals surface area contributed by atoms with E-state index in [0.717, 1.165) is 12.2 Å². The minimum atomic E-state index is -1.17. The molecular formula is C13H14O5. The Morgan fingerprint density at radius 2 is 2.00 bits per heavy atom. The van der Waals surface area contributed by atoms with Crippen LogP contribution in [0.5, 0.6) is 11.5 Å². The molecule has 5 heteroatoms.